The first-order valence-electron chi connectivity index (χ1n) is 7.95. The number of esters is 1. The van der Waals surface area contributed by atoms with Gasteiger partial charge in [-0.3, -0.25) is 9.59 Å². The van der Waals surface area contributed by atoms with Crippen LogP contribution in [-0.4, -0.2) is 31.1 Å². The molecule has 0 aromatic rings. The van der Waals surface area contributed by atoms with Gasteiger partial charge < -0.3 is 9.47 Å². The molecule has 1 rings (SSSR count). The van der Waals surface area contributed by atoms with Crippen molar-refractivity contribution in [2.45, 2.75) is 65.9 Å². The van der Waals surface area contributed by atoms with Gasteiger partial charge >= 0.3 is 5.97 Å². The van der Waals surface area contributed by atoms with E-state index in [0.29, 0.717) is 19.4 Å². The maximum atomic E-state index is 13.0. The largest absolute Gasteiger partial charge is 0.468 e. The lowest BCUT2D eigenvalue weighted by atomic mass is 9.67. The number of hydrogen-bond acceptors (Lipinski definition) is 4. The Morgan fingerprint density at radius 2 is 1.62 bits per heavy atom. The van der Waals surface area contributed by atoms with Crippen LogP contribution in [0.1, 0.15) is 60.3 Å². The molecule has 1 aliphatic carbocycles. The van der Waals surface area contributed by atoms with Gasteiger partial charge in [-0.15, -0.1) is 0 Å². The summed E-state index contributed by atoms with van der Waals surface area (Å²) >= 11 is 0. The van der Waals surface area contributed by atoms with Gasteiger partial charge in [0, 0.05) is 6.61 Å². The lowest BCUT2D eigenvalue weighted by Crippen LogP contribution is -2.52. The topological polar surface area (TPSA) is 52.6 Å². The fraction of sp³-hybridized carbons (Fsp3) is 0.882. The van der Waals surface area contributed by atoms with Crippen molar-refractivity contribution >= 4 is 11.8 Å². The van der Waals surface area contributed by atoms with E-state index in [0.717, 1.165) is 12.8 Å². The Morgan fingerprint density at radius 1 is 1.10 bits per heavy atom. The van der Waals surface area contributed by atoms with Crippen LogP contribution in [0.5, 0.6) is 0 Å². The zero-order chi connectivity index (χ0) is 16.3. The molecule has 1 unspecified atom stereocenters. The molecule has 4 heteroatoms. The van der Waals surface area contributed by atoms with Gasteiger partial charge in [-0.05, 0) is 43.9 Å². The van der Waals surface area contributed by atoms with Crippen LogP contribution in [0.25, 0.3) is 0 Å². The van der Waals surface area contributed by atoms with E-state index in [4.69, 9.17) is 9.47 Å². The van der Waals surface area contributed by atoms with E-state index in [2.05, 4.69) is 13.8 Å². The number of methoxy groups -OCH3 is 1. The molecule has 0 amide bonds. The van der Waals surface area contributed by atoms with Crippen molar-refractivity contribution in [3.63, 3.8) is 0 Å². The molecule has 0 N–H and O–H groups in total. The highest BCUT2D eigenvalue weighted by Crippen LogP contribution is 2.44. The molecular formula is C17H30O4. The number of hydrogen-bond donors (Lipinski definition) is 0. The fourth-order valence-electron chi connectivity index (χ4n) is 3.16. The van der Waals surface area contributed by atoms with Gasteiger partial charge in [0.05, 0.1) is 7.11 Å². The van der Waals surface area contributed by atoms with E-state index in [9.17, 15) is 9.59 Å². The standard InChI is InChI=1S/C17H30O4/c1-7-21-17(10-8-16(4,5)9-11-17)14(18)13(12(2)3)15(19)20-6/h12-13H,7-11H2,1-6H3. The molecule has 0 radical (unpaired) electrons. The molecule has 0 aliphatic heterocycles. The maximum absolute atomic E-state index is 13.0. The van der Waals surface area contributed by atoms with E-state index in [1.54, 1.807) is 0 Å². The Kier molecular flexibility index (Phi) is 5.97. The highest BCUT2D eigenvalue weighted by Gasteiger charge is 2.49. The summed E-state index contributed by atoms with van der Waals surface area (Å²) < 4.78 is 10.7. The van der Waals surface area contributed by atoms with Gasteiger partial charge in [0.1, 0.15) is 11.5 Å². The summed E-state index contributed by atoms with van der Waals surface area (Å²) in [5.41, 5.74) is -0.577. The Hall–Kier alpha value is -0.900. The first kappa shape index (κ1) is 18.1. The zero-order valence-electron chi connectivity index (χ0n) is 14.3. The average Bonchev–Trinajstić information content (AvgIpc) is 2.41. The molecule has 0 saturated heterocycles. The summed E-state index contributed by atoms with van der Waals surface area (Å²) in [4.78, 5) is 25.0. The van der Waals surface area contributed by atoms with E-state index >= 15 is 0 Å². The maximum Gasteiger partial charge on any atom is 0.316 e. The molecule has 0 heterocycles. The third-order valence-corrected chi connectivity index (χ3v) is 4.69. The molecule has 122 valence electrons. The Balaban J connectivity index is 3.04. The van der Waals surface area contributed by atoms with Crippen LogP contribution in [-0.2, 0) is 19.1 Å². The van der Waals surface area contributed by atoms with E-state index in [1.165, 1.54) is 7.11 Å². The Labute approximate surface area is 128 Å². The number of carbonyl (C=O) groups is 2. The highest BCUT2D eigenvalue weighted by atomic mass is 16.5. The van der Waals surface area contributed by atoms with Crippen LogP contribution in [0.4, 0.5) is 0 Å². The van der Waals surface area contributed by atoms with Crippen molar-refractivity contribution < 1.29 is 19.1 Å². The molecule has 1 saturated carbocycles. The minimum absolute atomic E-state index is 0.0859. The van der Waals surface area contributed by atoms with Crippen molar-refractivity contribution in [3.05, 3.63) is 0 Å². The van der Waals surface area contributed by atoms with Gasteiger partial charge in [-0.2, -0.15) is 0 Å². The SMILES string of the molecule is CCOC1(C(=O)C(C(=O)OC)C(C)C)CCC(C)(C)CC1. The quantitative estimate of drug-likeness (QED) is 0.557. The van der Waals surface area contributed by atoms with E-state index < -0.39 is 17.5 Å². The third kappa shape index (κ3) is 4.06. The first-order chi connectivity index (χ1) is 9.69. The average molecular weight is 298 g/mol. The van der Waals surface area contributed by atoms with Crippen molar-refractivity contribution in [2.24, 2.45) is 17.3 Å². The second-order valence-electron chi connectivity index (χ2n) is 7.20. The molecular weight excluding hydrogens is 268 g/mol. The van der Waals surface area contributed by atoms with Crippen LogP contribution in [0.2, 0.25) is 0 Å². The zero-order valence-corrected chi connectivity index (χ0v) is 14.3. The number of carbonyl (C=O) groups excluding carboxylic acids is 2. The molecule has 1 fully saturated rings. The number of rotatable bonds is 6. The summed E-state index contributed by atoms with van der Waals surface area (Å²) in [6.07, 6.45) is 3.25. The normalized spacial score (nSPS) is 21.9. The molecule has 1 atom stereocenters. The van der Waals surface area contributed by atoms with Crippen LogP contribution < -0.4 is 0 Å². The van der Waals surface area contributed by atoms with Gasteiger partial charge in [0.2, 0.25) is 0 Å². The Bertz CT molecular complexity index is 374. The minimum Gasteiger partial charge on any atom is -0.468 e. The predicted octanol–water partition coefficient (Wildman–Crippen LogP) is 3.38. The van der Waals surface area contributed by atoms with Gasteiger partial charge in [-0.1, -0.05) is 27.7 Å². The lowest BCUT2D eigenvalue weighted by molar-refractivity contribution is -0.167. The van der Waals surface area contributed by atoms with E-state index in [-0.39, 0.29) is 17.1 Å². The summed E-state index contributed by atoms with van der Waals surface area (Å²) in [5, 5.41) is 0. The van der Waals surface area contributed by atoms with Crippen molar-refractivity contribution in [1.29, 1.82) is 0 Å². The summed E-state index contributed by atoms with van der Waals surface area (Å²) in [5.74, 6) is -1.36. The summed E-state index contributed by atoms with van der Waals surface area (Å²) in [6, 6.07) is 0. The van der Waals surface area contributed by atoms with Gasteiger partial charge in [-0.25, -0.2) is 0 Å². The fourth-order valence-corrected chi connectivity index (χ4v) is 3.16. The molecule has 1 aliphatic rings. The molecule has 0 aromatic carbocycles. The van der Waals surface area contributed by atoms with E-state index in [1.807, 2.05) is 20.8 Å². The highest BCUT2D eigenvalue weighted by molar-refractivity contribution is 6.03. The number of ether oxygens (including phenoxy) is 2. The van der Waals surface area contributed by atoms with Crippen LogP contribution >= 0.6 is 0 Å². The van der Waals surface area contributed by atoms with Crippen molar-refractivity contribution in [3.8, 4) is 0 Å². The summed E-state index contributed by atoms with van der Waals surface area (Å²) in [7, 11) is 1.34. The smallest absolute Gasteiger partial charge is 0.316 e. The van der Waals surface area contributed by atoms with Crippen molar-refractivity contribution in [2.75, 3.05) is 13.7 Å². The second-order valence-corrected chi connectivity index (χ2v) is 7.20. The number of Topliss-reactive ketones (excluding diaryl/α,β-unsaturated/α-hetero) is 1. The molecule has 0 bridgehead atoms. The third-order valence-electron chi connectivity index (χ3n) is 4.69. The monoisotopic (exact) mass is 298 g/mol. The minimum atomic E-state index is -0.812. The Morgan fingerprint density at radius 3 is 2.00 bits per heavy atom. The van der Waals surface area contributed by atoms with Crippen LogP contribution in [0, 0.1) is 17.3 Å². The van der Waals surface area contributed by atoms with Crippen LogP contribution in [0.15, 0.2) is 0 Å². The predicted molar refractivity (Wildman–Crippen MR) is 82.0 cm³/mol. The molecule has 4 nitrogen and oxygen atoms in total. The lowest BCUT2D eigenvalue weighted by Gasteiger charge is -2.43. The molecule has 0 spiro atoms. The van der Waals surface area contributed by atoms with Crippen LogP contribution in [0.3, 0.4) is 0 Å². The summed E-state index contributed by atoms with van der Waals surface area (Å²) in [6.45, 7) is 10.6. The first-order valence-corrected chi connectivity index (χ1v) is 7.95. The molecule has 21 heavy (non-hydrogen) atoms. The van der Waals surface area contributed by atoms with Gasteiger partial charge in [0.15, 0.2) is 5.78 Å². The van der Waals surface area contributed by atoms with Gasteiger partial charge in [0.25, 0.3) is 0 Å². The number of ketones is 1. The molecule has 0 aromatic heterocycles. The van der Waals surface area contributed by atoms with Crippen molar-refractivity contribution in [1.82, 2.24) is 0 Å². The second kappa shape index (κ2) is 6.91.